The van der Waals surface area contributed by atoms with E-state index in [4.69, 9.17) is 0 Å². The van der Waals surface area contributed by atoms with Crippen LogP contribution >= 0.6 is 27.3 Å². The van der Waals surface area contributed by atoms with Gasteiger partial charge in [0.2, 0.25) is 5.91 Å². The third kappa shape index (κ3) is 4.95. The predicted molar refractivity (Wildman–Crippen MR) is 127 cm³/mol. The molecule has 30 heavy (non-hydrogen) atoms. The monoisotopic (exact) mass is 489 g/mol. The van der Waals surface area contributed by atoms with Crippen molar-refractivity contribution in [3.63, 3.8) is 0 Å². The lowest BCUT2D eigenvalue weighted by Gasteiger charge is -2.33. The van der Waals surface area contributed by atoms with E-state index >= 15 is 0 Å². The SMILES string of the molecule is C[C@H]1CCCCN1CCC(=O)Nc1sc2c(c1C(=O)Nc1ccc(Br)cc1)CCC2. The molecule has 1 atom stereocenters. The highest BCUT2D eigenvalue weighted by Gasteiger charge is 2.28. The molecular weight excluding hydrogens is 462 g/mol. The Hall–Kier alpha value is -1.70. The number of benzene rings is 1. The predicted octanol–water partition coefficient (Wildman–Crippen LogP) is 5.45. The molecule has 1 aliphatic carbocycles. The highest BCUT2D eigenvalue weighted by atomic mass is 79.9. The van der Waals surface area contributed by atoms with Gasteiger partial charge in [-0.1, -0.05) is 22.4 Å². The van der Waals surface area contributed by atoms with Crippen LogP contribution in [0.4, 0.5) is 10.7 Å². The molecule has 2 amide bonds. The minimum Gasteiger partial charge on any atom is -0.322 e. The number of thiophene rings is 1. The highest BCUT2D eigenvalue weighted by Crippen LogP contribution is 2.39. The molecule has 1 aromatic heterocycles. The molecule has 4 rings (SSSR count). The van der Waals surface area contributed by atoms with Crippen LogP contribution in [0.1, 0.15) is 59.8 Å². The maximum absolute atomic E-state index is 13.1. The Balaban J connectivity index is 1.44. The summed E-state index contributed by atoms with van der Waals surface area (Å²) in [4.78, 5) is 29.4. The minimum atomic E-state index is -0.142. The zero-order valence-corrected chi connectivity index (χ0v) is 19.7. The van der Waals surface area contributed by atoms with E-state index < -0.39 is 0 Å². The van der Waals surface area contributed by atoms with Crippen molar-refractivity contribution in [1.29, 1.82) is 0 Å². The van der Waals surface area contributed by atoms with E-state index in [1.165, 1.54) is 24.1 Å². The van der Waals surface area contributed by atoms with Gasteiger partial charge in [-0.25, -0.2) is 0 Å². The first kappa shape index (κ1) is 21.5. The van der Waals surface area contributed by atoms with E-state index in [2.05, 4.69) is 38.4 Å². The number of carbonyl (C=O) groups excluding carboxylic acids is 2. The van der Waals surface area contributed by atoms with Crippen molar-refractivity contribution < 1.29 is 9.59 Å². The average molecular weight is 490 g/mol. The number of rotatable bonds is 6. The second kappa shape index (κ2) is 9.62. The van der Waals surface area contributed by atoms with Gasteiger partial charge in [-0.2, -0.15) is 0 Å². The summed E-state index contributed by atoms with van der Waals surface area (Å²) in [6.07, 6.45) is 7.11. The van der Waals surface area contributed by atoms with Crippen molar-refractivity contribution in [3.8, 4) is 0 Å². The summed E-state index contributed by atoms with van der Waals surface area (Å²) in [5, 5.41) is 6.75. The van der Waals surface area contributed by atoms with Crippen molar-refractivity contribution in [2.45, 2.75) is 57.9 Å². The van der Waals surface area contributed by atoms with E-state index in [0.29, 0.717) is 23.0 Å². The van der Waals surface area contributed by atoms with Crippen molar-refractivity contribution in [3.05, 3.63) is 44.7 Å². The van der Waals surface area contributed by atoms with Gasteiger partial charge in [-0.05, 0) is 75.4 Å². The van der Waals surface area contributed by atoms with Gasteiger partial charge in [0.25, 0.3) is 5.91 Å². The number of likely N-dealkylation sites (tertiary alicyclic amines) is 1. The molecule has 1 fully saturated rings. The molecule has 0 saturated carbocycles. The first-order chi connectivity index (χ1) is 14.5. The molecule has 0 radical (unpaired) electrons. The molecule has 1 aliphatic heterocycles. The maximum atomic E-state index is 13.1. The van der Waals surface area contributed by atoms with Crippen LogP contribution in [-0.4, -0.2) is 35.8 Å². The van der Waals surface area contributed by atoms with Crippen LogP contribution in [0.2, 0.25) is 0 Å². The fourth-order valence-corrected chi connectivity index (χ4v) is 5.95. The first-order valence-electron chi connectivity index (χ1n) is 10.8. The summed E-state index contributed by atoms with van der Waals surface area (Å²) in [7, 11) is 0. The van der Waals surface area contributed by atoms with Crippen LogP contribution < -0.4 is 10.6 Å². The Morgan fingerprint density at radius 1 is 1.13 bits per heavy atom. The second-order valence-corrected chi connectivity index (χ2v) is 10.2. The largest absolute Gasteiger partial charge is 0.322 e. The summed E-state index contributed by atoms with van der Waals surface area (Å²) in [6, 6.07) is 8.08. The number of aryl methyl sites for hydroxylation is 1. The van der Waals surface area contributed by atoms with E-state index in [9.17, 15) is 9.59 Å². The normalized spacial score (nSPS) is 18.8. The molecule has 2 heterocycles. The minimum absolute atomic E-state index is 0.00890. The smallest absolute Gasteiger partial charge is 0.258 e. The molecule has 7 heteroatoms. The average Bonchev–Trinajstić information content (AvgIpc) is 3.30. The van der Waals surface area contributed by atoms with Gasteiger partial charge in [0, 0.05) is 34.0 Å². The Kier molecular flexibility index (Phi) is 6.91. The Morgan fingerprint density at radius 3 is 2.70 bits per heavy atom. The molecule has 2 N–H and O–H groups in total. The van der Waals surface area contributed by atoms with Crippen molar-refractivity contribution >= 4 is 49.8 Å². The Morgan fingerprint density at radius 2 is 1.93 bits per heavy atom. The van der Waals surface area contributed by atoms with Crippen LogP contribution in [-0.2, 0) is 17.6 Å². The fourth-order valence-electron chi connectivity index (χ4n) is 4.38. The number of hydrogen-bond acceptors (Lipinski definition) is 4. The standard InChI is InChI=1S/C23H28BrN3O2S/c1-15-5-2-3-13-27(15)14-12-20(28)26-23-21(18-6-4-7-19(18)30-23)22(29)25-17-10-8-16(24)9-11-17/h8-11,15H,2-7,12-14H2,1H3,(H,25,29)(H,26,28)/t15-/m0/s1. The van der Waals surface area contributed by atoms with Gasteiger partial charge in [-0.3, -0.25) is 9.59 Å². The number of piperidine rings is 1. The lowest BCUT2D eigenvalue weighted by Crippen LogP contribution is -2.39. The number of anilines is 2. The maximum Gasteiger partial charge on any atom is 0.258 e. The third-order valence-corrected chi connectivity index (χ3v) is 7.81. The van der Waals surface area contributed by atoms with E-state index in [1.54, 1.807) is 11.3 Å². The summed E-state index contributed by atoms with van der Waals surface area (Å²) < 4.78 is 0.966. The van der Waals surface area contributed by atoms with E-state index in [0.717, 1.165) is 48.1 Å². The molecule has 2 aliphatic rings. The Bertz CT molecular complexity index is 925. The van der Waals surface area contributed by atoms with E-state index in [-0.39, 0.29) is 11.8 Å². The highest BCUT2D eigenvalue weighted by molar-refractivity contribution is 9.10. The number of nitrogens with zero attached hydrogens (tertiary/aromatic N) is 1. The molecule has 0 spiro atoms. The number of hydrogen-bond donors (Lipinski definition) is 2. The molecule has 1 saturated heterocycles. The number of fused-ring (bicyclic) bond motifs is 1. The van der Waals surface area contributed by atoms with Gasteiger partial charge in [0.15, 0.2) is 0 Å². The molecular formula is C23H28BrN3O2S. The molecule has 0 bridgehead atoms. The topological polar surface area (TPSA) is 61.4 Å². The van der Waals surface area contributed by atoms with Gasteiger partial charge in [-0.15, -0.1) is 11.3 Å². The van der Waals surface area contributed by atoms with Crippen LogP contribution in [0.25, 0.3) is 0 Å². The number of nitrogens with one attached hydrogen (secondary N) is 2. The molecule has 5 nitrogen and oxygen atoms in total. The zero-order chi connectivity index (χ0) is 21.1. The number of halogens is 1. The first-order valence-corrected chi connectivity index (χ1v) is 12.4. The fraction of sp³-hybridized carbons (Fsp3) is 0.478. The van der Waals surface area contributed by atoms with Crippen LogP contribution in [0, 0.1) is 0 Å². The summed E-state index contributed by atoms with van der Waals surface area (Å²) in [5.74, 6) is -0.151. The van der Waals surface area contributed by atoms with Crippen LogP contribution in [0.15, 0.2) is 28.7 Å². The third-order valence-electron chi connectivity index (χ3n) is 6.07. The van der Waals surface area contributed by atoms with E-state index in [1.807, 2.05) is 24.3 Å². The van der Waals surface area contributed by atoms with Gasteiger partial charge < -0.3 is 15.5 Å². The van der Waals surface area contributed by atoms with Gasteiger partial charge in [0.1, 0.15) is 5.00 Å². The van der Waals surface area contributed by atoms with Crippen LogP contribution in [0.3, 0.4) is 0 Å². The molecule has 2 aromatic rings. The zero-order valence-electron chi connectivity index (χ0n) is 17.3. The van der Waals surface area contributed by atoms with Crippen LogP contribution in [0.5, 0.6) is 0 Å². The number of carbonyl (C=O) groups is 2. The molecule has 1 aromatic carbocycles. The lowest BCUT2D eigenvalue weighted by molar-refractivity contribution is -0.116. The van der Waals surface area contributed by atoms with Gasteiger partial charge >= 0.3 is 0 Å². The van der Waals surface area contributed by atoms with Crippen molar-refractivity contribution in [1.82, 2.24) is 4.90 Å². The summed E-state index contributed by atoms with van der Waals surface area (Å²) >= 11 is 4.98. The quantitative estimate of drug-likeness (QED) is 0.566. The lowest BCUT2D eigenvalue weighted by atomic mass is 10.0. The summed E-state index contributed by atoms with van der Waals surface area (Å²) in [5.41, 5.74) is 2.50. The summed E-state index contributed by atoms with van der Waals surface area (Å²) in [6.45, 7) is 4.09. The van der Waals surface area contributed by atoms with Crippen molar-refractivity contribution in [2.75, 3.05) is 23.7 Å². The van der Waals surface area contributed by atoms with Crippen molar-refractivity contribution in [2.24, 2.45) is 0 Å². The number of amides is 2. The van der Waals surface area contributed by atoms with Gasteiger partial charge in [0.05, 0.1) is 5.56 Å². The Labute approximate surface area is 190 Å². The molecule has 0 unspecified atom stereocenters. The second-order valence-electron chi connectivity index (χ2n) is 8.20. The molecule has 160 valence electrons.